The van der Waals surface area contributed by atoms with Gasteiger partial charge in [0.2, 0.25) is 5.12 Å². The summed E-state index contributed by atoms with van der Waals surface area (Å²) < 4.78 is 58.9. The van der Waals surface area contributed by atoms with E-state index in [1.54, 1.807) is 20.8 Å². The number of esters is 1. The maximum absolute atomic E-state index is 17.5. The Hall–Kier alpha value is -1.65. The lowest BCUT2D eigenvalue weighted by Crippen LogP contribution is -2.71. The Balaban J connectivity index is 1.62. The van der Waals surface area contributed by atoms with Crippen LogP contribution < -0.4 is 0 Å². The predicted octanol–water partition coefficient (Wildman–Crippen LogP) is 4.98. The molecule has 4 aliphatic carbocycles. The van der Waals surface area contributed by atoms with Crippen molar-refractivity contribution in [2.24, 2.45) is 28.6 Å². The maximum Gasteiger partial charge on any atom is 0.339 e. The zero-order valence-corrected chi connectivity index (χ0v) is 23.6. The van der Waals surface area contributed by atoms with Crippen LogP contribution in [0.5, 0.6) is 0 Å². The molecule has 0 aromatic carbocycles. The van der Waals surface area contributed by atoms with E-state index in [1.807, 2.05) is 0 Å². The van der Waals surface area contributed by atoms with Crippen molar-refractivity contribution in [2.45, 2.75) is 95.4 Å². The number of hydrogen-bond acceptors (Lipinski definition) is 7. The van der Waals surface area contributed by atoms with E-state index in [4.69, 9.17) is 9.47 Å². The molecule has 0 aromatic rings. The van der Waals surface area contributed by atoms with E-state index in [0.29, 0.717) is 37.6 Å². The molecule has 1 saturated heterocycles. The Kier molecular flexibility index (Phi) is 6.99. The summed E-state index contributed by atoms with van der Waals surface area (Å²) in [7, 11) is 0. The molecule has 4 fully saturated rings. The number of carbonyl (C=O) groups is 3. The van der Waals surface area contributed by atoms with E-state index in [1.165, 1.54) is 19.1 Å². The molecule has 5 rings (SSSR count). The van der Waals surface area contributed by atoms with Gasteiger partial charge in [-0.05, 0) is 80.9 Å². The molecule has 0 amide bonds. The van der Waals surface area contributed by atoms with Crippen molar-refractivity contribution >= 4 is 28.6 Å². The van der Waals surface area contributed by atoms with Gasteiger partial charge < -0.3 is 14.6 Å². The van der Waals surface area contributed by atoms with Crippen LogP contribution in [-0.2, 0) is 23.9 Å². The first-order valence-electron chi connectivity index (χ1n) is 13.8. The molecule has 1 heterocycles. The second-order valence-electron chi connectivity index (χ2n) is 12.5. The average Bonchev–Trinajstić information content (AvgIpc) is 3.46. The Morgan fingerprint density at radius 3 is 2.59 bits per heavy atom. The Morgan fingerprint density at radius 1 is 1.26 bits per heavy atom. The van der Waals surface area contributed by atoms with Crippen molar-refractivity contribution in [3.05, 3.63) is 23.8 Å². The Morgan fingerprint density at radius 2 is 1.97 bits per heavy atom. The molecule has 1 N–H and O–H groups in total. The molecular weight excluding hydrogens is 533 g/mol. The third kappa shape index (κ3) is 3.59. The first-order valence-corrected chi connectivity index (χ1v) is 14.8. The fourth-order valence-electron chi connectivity index (χ4n) is 8.90. The smallest absolute Gasteiger partial charge is 0.339 e. The summed E-state index contributed by atoms with van der Waals surface area (Å²) in [5.41, 5.74) is -8.31. The average molecular weight is 571 g/mol. The summed E-state index contributed by atoms with van der Waals surface area (Å²) >= 11 is 0.394. The highest BCUT2D eigenvalue weighted by molar-refractivity contribution is 8.13. The second kappa shape index (κ2) is 9.44. The van der Waals surface area contributed by atoms with Crippen molar-refractivity contribution in [1.29, 1.82) is 0 Å². The van der Waals surface area contributed by atoms with E-state index in [2.05, 4.69) is 0 Å². The zero-order chi connectivity index (χ0) is 28.6. The van der Waals surface area contributed by atoms with Gasteiger partial charge in [0, 0.05) is 29.3 Å². The minimum Gasteiger partial charge on any atom is -0.447 e. The van der Waals surface area contributed by atoms with E-state index in [-0.39, 0.29) is 24.8 Å². The molecule has 216 valence electrons. The van der Waals surface area contributed by atoms with Crippen molar-refractivity contribution in [3.63, 3.8) is 0 Å². The van der Waals surface area contributed by atoms with Gasteiger partial charge in [0.1, 0.15) is 12.2 Å². The quantitative estimate of drug-likeness (QED) is 0.467. The number of rotatable bonds is 5. The first-order chi connectivity index (χ1) is 18.3. The maximum atomic E-state index is 17.5. The fraction of sp³-hybridized carbons (Fsp3) is 0.759. The molecule has 39 heavy (non-hydrogen) atoms. The van der Waals surface area contributed by atoms with Crippen molar-refractivity contribution in [3.8, 4) is 0 Å². The van der Waals surface area contributed by atoms with Gasteiger partial charge in [0.15, 0.2) is 22.7 Å². The van der Waals surface area contributed by atoms with Crippen LogP contribution >= 0.6 is 11.8 Å². The highest BCUT2D eigenvalue weighted by Gasteiger charge is 2.78. The lowest BCUT2D eigenvalue weighted by Gasteiger charge is -2.63. The highest BCUT2D eigenvalue weighted by Crippen LogP contribution is 2.72. The SMILES string of the molecule is CC[C@]1(C(=O)O[C@]2(C(=O)SCF)[C@H](C)C[C@H]3[C@@H]4C[C@H](F)C5=CC(=O)C=C[C@]5(C)[C@@]4(F)[C@@H](O)C[C@@]32C)CCCO1. The molecule has 6 nitrogen and oxygen atoms in total. The Bertz CT molecular complexity index is 1140. The second-order valence-corrected chi connectivity index (χ2v) is 13.3. The third-order valence-electron chi connectivity index (χ3n) is 11.0. The van der Waals surface area contributed by atoms with Gasteiger partial charge in [-0.15, -0.1) is 0 Å². The number of halogens is 3. The minimum atomic E-state index is -2.34. The van der Waals surface area contributed by atoms with Crippen LogP contribution in [0.1, 0.15) is 66.2 Å². The monoisotopic (exact) mass is 570 g/mol. The normalized spacial score (nSPS) is 48.7. The number of allylic oxidation sites excluding steroid dienone is 4. The molecule has 0 spiro atoms. The molecular formula is C29H37F3O6S. The Labute approximate surface area is 231 Å². The fourth-order valence-corrected chi connectivity index (χ4v) is 9.68. The van der Waals surface area contributed by atoms with Crippen LogP contribution in [0.2, 0.25) is 0 Å². The summed E-state index contributed by atoms with van der Waals surface area (Å²) in [6.07, 6.45) is 1.43. The largest absolute Gasteiger partial charge is 0.447 e. The number of aliphatic hydroxyl groups is 1. The number of carbonyl (C=O) groups excluding carboxylic acids is 3. The van der Waals surface area contributed by atoms with Crippen molar-refractivity contribution in [1.82, 2.24) is 0 Å². The summed E-state index contributed by atoms with van der Waals surface area (Å²) in [6.45, 7) is 7.06. The minimum absolute atomic E-state index is 0.00692. The van der Waals surface area contributed by atoms with Gasteiger partial charge in [-0.3, -0.25) is 9.59 Å². The molecule has 0 radical (unpaired) electrons. The van der Waals surface area contributed by atoms with Gasteiger partial charge in [-0.2, -0.15) is 0 Å². The number of fused-ring (bicyclic) bond motifs is 5. The van der Waals surface area contributed by atoms with Crippen LogP contribution in [0.3, 0.4) is 0 Å². The van der Waals surface area contributed by atoms with E-state index < -0.39 is 80.6 Å². The lowest BCUT2D eigenvalue weighted by atomic mass is 9.44. The molecule has 0 unspecified atom stereocenters. The van der Waals surface area contributed by atoms with Crippen LogP contribution in [0.4, 0.5) is 13.2 Å². The number of ketones is 1. The number of ether oxygens (including phenoxy) is 2. The molecule has 5 aliphatic rings. The molecule has 0 aromatic heterocycles. The van der Waals surface area contributed by atoms with Crippen molar-refractivity contribution in [2.75, 3.05) is 12.6 Å². The standard InChI is InChI=1S/C29H37F3O6S/c1-5-27(8-6-10-37-27)23(35)38-29(24(36)39-15-30)16(2)11-18-19-13-21(31)20-12-17(33)7-9-25(20,3)28(19,32)22(34)14-26(18,29)4/h7,9,12,16,18-19,21-22,34H,5-6,8,10-11,13-15H2,1-4H3/t16-,18+,19+,21+,22+,25+,26+,27-,28+,29+/m1/s1. The summed E-state index contributed by atoms with van der Waals surface area (Å²) in [5, 5.41) is 10.9. The number of hydrogen-bond donors (Lipinski definition) is 1. The van der Waals surface area contributed by atoms with Gasteiger partial charge in [0.25, 0.3) is 0 Å². The third-order valence-corrected chi connectivity index (χ3v) is 11.6. The van der Waals surface area contributed by atoms with Crippen LogP contribution in [-0.4, -0.2) is 63.7 Å². The topological polar surface area (TPSA) is 89.9 Å². The molecule has 10 heteroatoms. The summed E-state index contributed by atoms with van der Waals surface area (Å²) in [5.74, 6) is -3.51. The van der Waals surface area contributed by atoms with Gasteiger partial charge in [0.05, 0.1) is 6.10 Å². The summed E-state index contributed by atoms with van der Waals surface area (Å²) in [6, 6.07) is -1.04. The highest BCUT2D eigenvalue weighted by atomic mass is 32.2. The molecule has 10 atom stereocenters. The number of aliphatic hydroxyl groups excluding tert-OH is 1. The lowest BCUT2D eigenvalue weighted by molar-refractivity contribution is -0.234. The first kappa shape index (κ1) is 28.9. The predicted molar refractivity (Wildman–Crippen MR) is 139 cm³/mol. The number of alkyl halides is 3. The van der Waals surface area contributed by atoms with Crippen LogP contribution in [0.25, 0.3) is 0 Å². The van der Waals surface area contributed by atoms with Gasteiger partial charge in [-0.25, -0.2) is 18.0 Å². The zero-order valence-electron chi connectivity index (χ0n) is 22.8. The summed E-state index contributed by atoms with van der Waals surface area (Å²) in [4.78, 5) is 39.6. The van der Waals surface area contributed by atoms with Crippen LogP contribution in [0, 0.1) is 28.6 Å². The molecule has 0 bridgehead atoms. The van der Waals surface area contributed by atoms with Gasteiger partial charge >= 0.3 is 5.97 Å². The van der Waals surface area contributed by atoms with Crippen LogP contribution in [0.15, 0.2) is 23.8 Å². The molecule has 3 saturated carbocycles. The van der Waals surface area contributed by atoms with E-state index in [0.717, 1.165) is 6.08 Å². The van der Waals surface area contributed by atoms with Gasteiger partial charge in [-0.1, -0.05) is 26.8 Å². The van der Waals surface area contributed by atoms with E-state index >= 15 is 8.78 Å². The number of thioether (sulfide) groups is 1. The van der Waals surface area contributed by atoms with E-state index in [9.17, 15) is 23.9 Å². The molecule has 1 aliphatic heterocycles. The van der Waals surface area contributed by atoms with Crippen molar-refractivity contribution < 1.29 is 42.1 Å².